The van der Waals surface area contributed by atoms with Crippen LogP contribution in [-0.4, -0.2) is 9.38 Å². The molecule has 0 bridgehead atoms. The van der Waals surface area contributed by atoms with Gasteiger partial charge in [0.05, 0.1) is 11.4 Å². The van der Waals surface area contributed by atoms with Crippen LogP contribution in [0, 0.1) is 13.8 Å². The maximum absolute atomic E-state index is 4.59. The van der Waals surface area contributed by atoms with Crippen molar-refractivity contribution in [1.82, 2.24) is 14.7 Å². The van der Waals surface area contributed by atoms with Crippen molar-refractivity contribution in [1.29, 1.82) is 0 Å². The lowest BCUT2D eigenvalue weighted by molar-refractivity contribution is 0.572. The molecule has 0 spiro atoms. The Morgan fingerprint density at radius 3 is 2.85 bits per heavy atom. The lowest BCUT2D eigenvalue weighted by Gasteiger charge is -2.12. The Labute approximate surface area is 123 Å². The highest BCUT2D eigenvalue weighted by Gasteiger charge is 2.11. The lowest BCUT2D eigenvalue weighted by Crippen LogP contribution is -2.18. The van der Waals surface area contributed by atoms with Crippen molar-refractivity contribution in [3.63, 3.8) is 0 Å². The molecule has 3 nitrogen and oxygen atoms in total. The van der Waals surface area contributed by atoms with Crippen LogP contribution in [0.4, 0.5) is 0 Å². The number of fused-ring (bicyclic) bond motifs is 1. The van der Waals surface area contributed by atoms with Gasteiger partial charge in [-0.2, -0.15) is 0 Å². The van der Waals surface area contributed by atoms with Gasteiger partial charge in [-0.25, -0.2) is 4.98 Å². The minimum atomic E-state index is 0.363. The summed E-state index contributed by atoms with van der Waals surface area (Å²) in [7, 11) is 0. The Balaban J connectivity index is 1.78. The van der Waals surface area contributed by atoms with Crippen molar-refractivity contribution in [3.05, 3.63) is 57.7 Å². The van der Waals surface area contributed by atoms with Gasteiger partial charge in [-0.3, -0.25) is 0 Å². The lowest BCUT2D eigenvalue weighted by atomic mass is 10.2. The number of thiophene rings is 1. The molecule has 0 fully saturated rings. The third-order valence-corrected chi connectivity index (χ3v) is 4.78. The maximum Gasteiger partial charge on any atom is 0.137 e. The van der Waals surface area contributed by atoms with Gasteiger partial charge >= 0.3 is 0 Å². The van der Waals surface area contributed by atoms with E-state index in [0.29, 0.717) is 6.04 Å². The van der Waals surface area contributed by atoms with Gasteiger partial charge in [0.2, 0.25) is 0 Å². The van der Waals surface area contributed by atoms with E-state index in [1.54, 1.807) is 0 Å². The Morgan fingerprint density at radius 2 is 2.10 bits per heavy atom. The van der Waals surface area contributed by atoms with Gasteiger partial charge in [-0.15, -0.1) is 11.3 Å². The zero-order chi connectivity index (χ0) is 14.1. The largest absolute Gasteiger partial charge is 0.304 e. The maximum atomic E-state index is 4.59. The molecule has 0 aliphatic carbocycles. The monoisotopic (exact) mass is 285 g/mol. The third-order valence-electron chi connectivity index (χ3n) is 3.59. The quantitative estimate of drug-likeness (QED) is 0.788. The van der Waals surface area contributed by atoms with Gasteiger partial charge in [-0.05, 0) is 45.0 Å². The molecule has 1 atom stereocenters. The summed E-state index contributed by atoms with van der Waals surface area (Å²) in [6.07, 6.45) is 2.08. The first kappa shape index (κ1) is 13.3. The molecule has 3 heterocycles. The van der Waals surface area contributed by atoms with Crippen molar-refractivity contribution in [2.45, 2.75) is 33.4 Å². The summed E-state index contributed by atoms with van der Waals surface area (Å²) in [6, 6.07) is 10.9. The van der Waals surface area contributed by atoms with E-state index in [2.05, 4.69) is 53.8 Å². The molecule has 3 rings (SSSR count). The van der Waals surface area contributed by atoms with Gasteiger partial charge < -0.3 is 9.72 Å². The second kappa shape index (κ2) is 5.38. The molecule has 0 aliphatic rings. The SMILES string of the molecule is Cc1ccc(C(C)NCc2c(C)nc3ccccn23)s1. The first-order valence-corrected chi connectivity index (χ1v) is 7.69. The molecule has 0 aromatic carbocycles. The molecule has 1 N–H and O–H groups in total. The number of imidazole rings is 1. The highest BCUT2D eigenvalue weighted by Crippen LogP contribution is 2.23. The average Bonchev–Trinajstić information content (AvgIpc) is 2.99. The van der Waals surface area contributed by atoms with Crippen molar-refractivity contribution < 1.29 is 0 Å². The Bertz CT molecular complexity index is 726. The van der Waals surface area contributed by atoms with Crippen molar-refractivity contribution in [2.75, 3.05) is 0 Å². The number of hydrogen-bond donors (Lipinski definition) is 1. The summed E-state index contributed by atoms with van der Waals surface area (Å²) in [6.45, 7) is 7.26. The minimum absolute atomic E-state index is 0.363. The Kier molecular flexibility index (Phi) is 3.59. The predicted octanol–water partition coefficient (Wildman–Crippen LogP) is 3.86. The van der Waals surface area contributed by atoms with E-state index in [-0.39, 0.29) is 0 Å². The second-order valence-electron chi connectivity index (χ2n) is 5.12. The molecule has 20 heavy (non-hydrogen) atoms. The first-order valence-electron chi connectivity index (χ1n) is 6.87. The van der Waals surface area contributed by atoms with Crippen LogP contribution in [0.15, 0.2) is 36.5 Å². The number of hydrogen-bond acceptors (Lipinski definition) is 3. The van der Waals surface area contributed by atoms with E-state index in [1.165, 1.54) is 15.4 Å². The topological polar surface area (TPSA) is 29.3 Å². The van der Waals surface area contributed by atoms with E-state index in [9.17, 15) is 0 Å². The molecule has 0 aliphatic heterocycles. The average molecular weight is 285 g/mol. The van der Waals surface area contributed by atoms with Crippen LogP contribution < -0.4 is 5.32 Å². The normalized spacial score (nSPS) is 12.9. The van der Waals surface area contributed by atoms with E-state index >= 15 is 0 Å². The van der Waals surface area contributed by atoms with Crippen molar-refractivity contribution in [2.24, 2.45) is 0 Å². The molecule has 104 valence electrons. The summed E-state index contributed by atoms with van der Waals surface area (Å²) in [5.41, 5.74) is 3.35. The van der Waals surface area contributed by atoms with E-state index < -0.39 is 0 Å². The second-order valence-corrected chi connectivity index (χ2v) is 6.44. The van der Waals surface area contributed by atoms with E-state index in [4.69, 9.17) is 0 Å². The smallest absolute Gasteiger partial charge is 0.137 e. The van der Waals surface area contributed by atoms with Crippen LogP contribution in [0.3, 0.4) is 0 Å². The number of pyridine rings is 1. The minimum Gasteiger partial charge on any atom is -0.304 e. The summed E-state index contributed by atoms with van der Waals surface area (Å²) >= 11 is 1.86. The number of nitrogens with zero attached hydrogens (tertiary/aromatic N) is 2. The molecule has 4 heteroatoms. The molecule has 3 aromatic rings. The summed E-state index contributed by atoms with van der Waals surface area (Å²) in [4.78, 5) is 7.34. The van der Waals surface area contributed by atoms with Crippen LogP contribution >= 0.6 is 11.3 Å². The molecule has 0 amide bonds. The number of aryl methyl sites for hydroxylation is 2. The van der Waals surface area contributed by atoms with Crippen LogP contribution in [0.2, 0.25) is 0 Å². The Morgan fingerprint density at radius 1 is 1.25 bits per heavy atom. The summed E-state index contributed by atoms with van der Waals surface area (Å²) in [5.74, 6) is 0. The highest BCUT2D eigenvalue weighted by atomic mass is 32.1. The molecule has 0 radical (unpaired) electrons. The van der Waals surface area contributed by atoms with Gasteiger partial charge in [0.25, 0.3) is 0 Å². The zero-order valence-electron chi connectivity index (χ0n) is 12.1. The standard InChI is InChI=1S/C16H19N3S/c1-11-7-8-15(20-11)13(3)17-10-14-12(2)18-16-6-4-5-9-19(14)16/h4-9,13,17H,10H2,1-3H3. The van der Waals surface area contributed by atoms with Crippen molar-refractivity contribution in [3.8, 4) is 0 Å². The number of rotatable bonds is 4. The number of aromatic nitrogens is 2. The predicted molar refractivity (Wildman–Crippen MR) is 84.2 cm³/mol. The van der Waals surface area contributed by atoms with E-state index in [1.807, 2.05) is 29.5 Å². The van der Waals surface area contributed by atoms with Crippen molar-refractivity contribution >= 4 is 17.0 Å². The highest BCUT2D eigenvalue weighted by molar-refractivity contribution is 7.12. The van der Waals surface area contributed by atoms with Crippen LogP contribution in [0.1, 0.15) is 34.1 Å². The summed E-state index contributed by atoms with van der Waals surface area (Å²) < 4.78 is 2.16. The first-order chi connectivity index (χ1) is 9.65. The van der Waals surface area contributed by atoms with Gasteiger partial charge in [-0.1, -0.05) is 6.07 Å². The molecule has 1 unspecified atom stereocenters. The van der Waals surface area contributed by atoms with Crippen LogP contribution in [0.5, 0.6) is 0 Å². The molecule has 0 saturated carbocycles. The molecule has 0 saturated heterocycles. The van der Waals surface area contributed by atoms with Gasteiger partial charge in [0.1, 0.15) is 5.65 Å². The Hall–Kier alpha value is -1.65. The fourth-order valence-electron chi connectivity index (χ4n) is 2.41. The van der Waals surface area contributed by atoms with Gasteiger partial charge in [0, 0.05) is 28.5 Å². The zero-order valence-corrected chi connectivity index (χ0v) is 12.9. The molecular formula is C16H19N3S. The van der Waals surface area contributed by atoms with Crippen LogP contribution in [-0.2, 0) is 6.54 Å². The van der Waals surface area contributed by atoms with Crippen LogP contribution in [0.25, 0.3) is 5.65 Å². The molecule has 3 aromatic heterocycles. The third kappa shape index (κ3) is 2.49. The molecular weight excluding hydrogens is 266 g/mol. The summed E-state index contributed by atoms with van der Waals surface area (Å²) in [5, 5.41) is 3.60. The number of nitrogens with one attached hydrogen (secondary N) is 1. The fourth-order valence-corrected chi connectivity index (χ4v) is 3.32. The van der Waals surface area contributed by atoms with E-state index in [0.717, 1.165) is 17.9 Å². The fraction of sp³-hybridized carbons (Fsp3) is 0.312. The van der Waals surface area contributed by atoms with Gasteiger partial charge in [0.15, 0.2) is 0 Å².